The average Bonchev–Trinajstić information content (AvgIpc) is 2.71. The van der Waals surface area contributed by atoms with Gasteiger partial charge in [-0.15, -0.1) is 0 Å². The molecule has 1 aromatic carbocycles. The number of rotatable bonds is 2. The third-order valence-electron chi connectivity index (χ3n) is 2.49. The Morgan fingerprint density at radius 2 is 1.86 bits per heavy atom. The van der Waals surface area contributed by atoms with E-state index in [2.05, 4.69) is 55.1 Å². The first-order chi connectivity index (χ1) is 6.40. The molecule has 0 bridgehead atoms. The second-order valence-electron chi connectivity index (χ2n) is 3.39. The number of benzene rings is 1. The molecule has 0 spiro atoms. The van der Waals surface area contributed by atoms with Gasteiger partial charge in [0.15, 0.2) is 0 Å². The van der Waals surface area contributed by atoms with Crippen LogP contribution in [0.4, 0.5) is 0 Å². The van der Waals surface area contributed by atoms with Crippen LogP contribution in [0.2, 0.25) is 6.55 Å². The molecule has 0 radical (unpaired) electrons. The third kappa shape index (κ3) is 2.57. The molecular weight excluding hydrogens is 220 g/mol. The van der Waals surface area contributed by atoms with Gasteiger partial charge in [-0.2, -0.15) is 0 Å². The molecule has 2 heteroatoms. The summed E-state index contributed by atoms with van der Waals surface area (Å²) in [7, 11) is -0.00518. The van der Waals surface area contributed by atoms with Crippen molar-refractivity contribution in [1.82, 2.24) is 0 Å². The van der Waals surface area contributed by atoms with E-state index >= 15 is 0 Å². The van der Waals surface area contributed by atoms with Crippen LogP contribution in [0, 0.1) is 0 Å². The maximum absolute atomic E-state index is 2.36. The minimum Gasteiger partial charge on any atom is -0.0732 e. The van der Waals surface area contributed by atoms with Gasteiger partial charge in [-0.1, -0.05) is 60.3 Å². The van der Waals surface area contributed by atoms with Gasteiger partial charge in [-0.3, -0.25) is 0 Å². The Bertz CT molecular complexity index is 343. The standard InChI is InChI=1S/C12H14Si.Ti/c1-13-12-8-4-7-11(9-12)10-5-2-3-6-10;/h2-10H,13H2,1H3;. The van der Waals surface area contributed by atoms with E-state index in [0.717, 1.165) is 0 Å². The molecule has 0 fully saturated rings. The zero-order valence-corrected chi connectivity index (χ0v) is 11.4. The van der Waals surface area contributed by atoms with E-state index in [1.54, 1.807) is 5.19 Å². The molecule has 0 atom stereocenters. The SMILES string of the molecule is C[SiH2]c1cccc(C2C=CC=C2)c1.[Ti]. The van der Waals surface area contributed by atoms with Gasteiger partial charge in [0, 0.05) is 27.6 Å². The van der Waals surface area contributed by atoms with Gasteiger partial charge in [0.25, 0.3) is 0 Å². The Hall–Kier alpha value is -0.369. The molecule has 14 heavy (non-hydrogen) atoms. The van der Waals surface area contributed by atoms with Crippen molar-refractivity contribution < 1.29 is 21.7 Å². The van der Waals surface area contributed by atoms with Crippen molar-refractivity contribution in [1.29, 1.82) is 0 Å². The van der Waals surface area contributed by atoms with Gasteiger partial charge in [0.2, 0.25) is 0 Å². The van der Waals surface area contributed by atoms with E-state index in [-0.39, 0.29) is 31.2 Å². The Balaban J connectivity index is 0.000000980. The predicted molar refractivity (Wildman–Crippen MR) is 61.5 cm³/mol. The van der Waals surface area contributed by atoms with Crippen LogP contribution in [0.1, 0.15) is 11.5 Å². The van der Waals surface area contributed by atoms with Crippen molar-refractivity contribution in [2.75, 3.05) is 0 Å². The van der Waals surface area contributed by atoms with E-state index < -0.39 is 0 Å². The maximum Gasteiger partial charge on any atom is 0.0517 e. The maximum atomic E-state index is 2.36. The second kappa shape index (κ2) is 5.50. The van der Waals surface area contributed by atoms with Gasteiger partial charge >= 0.3 is 0 Å². The summed E-state index contributed by atoms with van der Waals surface area (Å²) in [5.41, 5.74) is 1.44. The van der Waals surface area contributed by atoms with Gasteiger partial charge in [-0.25, -0.2) is 0 Å². The molecule has 1 aromatic rings. The Morgan fingerprint density at radius 3 is 2.50 bits per heavy atom. The van der Waals surface area contributed by atoms with Crippen molar-refractivity contribution in [2.24, 2.45) is 0 Å². The summed E-state index contributed by atoms with van der Waals surface area (Å²) in [5, 5.41) is 1.56. The largest absolute Gasteiger partial charge is 0.0732 e. The van der Waals surface area contributed by atoms with Gasteiger partial charge < -0.3 is 0 Å². The van der Waals surface area contributed by atoms with E-state index in [4.69, 9.17) is 0 Å². The monoisotopic (exact) mass is 234 g/mol. The summed E-state index contributed by atoms with van der Waals surface area (Å²) in [6.45, 7) is 2.33. The predicted octanol–water partition coefficient (Wildman–Crippen LogP) is 1.74. The number of hydrogen-bond acceptors (Lipinski definition) is 0. The van der Waals surface area contributed by atoms with Crippen LogP contribution in [0.25, 0.3) is 0 Å². The summed E-state index contributed by atoms with van der Waals surface area (Å²) in [5.74, 6) is 0.528. The molecule has 0 N–H and O–H groups in total. The second-order valence-corrected chi connectivity index (χ2v) is 4.92. The van der Waals surface area contributed by atoms with Crippen LogP contribution in [0.3, 0.4) is 0 Å². The van der Waals surface area contributed by atoms with Crippen molar-refractivity contribution in [2.45, 2.75) is 12.5 Å². The van der Waals surface area contributed by atoms with Crippen molar-refractivity contribution in [3.8, 4) is 0 Å². The summed E-state index contributed by atoms with van der Waals surface area (Å²) in [6.07, 6.45) is 8.74. The summed E-state index contributed by atoms with van der Waals surface area (Å²) < 4.78 is 0. The molecule has 0 heterocycles. The first-order valence-corrected chi connectivity index (χ1v) is 6.96. The number of allylic oxidation sites excluding steroid dienone is 4. The summed E-state index contributed by atoms with van der Waals surface area (Å²) in [4.78, 5) is 0. The summed E-state index contributed by atoms with van der Waals surface area (Å²) >= 11 is 0. The Kier molecular flexibility index (Phi) is 4.60. The fraction of sp³-hybridized carbons (Fsp3) is 0.167. The number of hydrogen-bond donors (Lipinski definition) is 0. The third-order valence-corrected chi connectivity index (χ3v) is 3.75. The van der Waals surface area contributed by atoms with Crippen LogP contribution in [0.5, 0.6) is 0 Å². The van der Waals surface area contributed by atoms with E-state index in [1.807, 2.05) is 0 Å². The molecule has 0 saturated heterocycles. The quantitative estimate of drug-likeness (QED) is 0.684. The van der Waals surface area contributed by atoms with E-state index in [9.17, 15) is 0 Å². The molecule has 0 amide bonds. The molecule has 0 saturated carbocycles. The fourth-order valence-electron chi connectivity index (χ4n) is 1.67. The molecular formula is C12H14SiTi. The zero-order chi connectivity index (χ0) is 9.10. The van der Waals surface area contributed by atoms with E-state index in [0.29, 0.717) is 5.92 Å². The zero-order valence-electron chi connectivity index (χ0n) is 8.40. The van der Waals surface area contributed by atoms with Crippen LogP contribution >= 0.6 is 0 Å². The summed E-state index contributed by atoms with van der Waals surface area (Å²) in [6, 6.07) is 9.01. The molecule has 0 aliphatic heterocycles. The average molecular weight is 234 g/mol. The molecule has 0 unspecified atom stereocenters. The van der Waals surface area contributed by atoms with Crippen LogP contribution in [-0.2, 0) is 21.7 Å². The van der Waals surface area contributed by atoms with Crippen LogP contribution < -0.4 is 5.19 Å². The molecule has 0 aromatic heterocycles. The topological polar surface area (TPSA) is 0 Å². The molecule has 70 valence electrons. The first kappa shape index (κ1) is 11.7. The smallest absolute Gasteiger partial charge is 0.0517 e. The van der Waals surface area contributed by atoms with Gasteiger partial charge in [0.05, 0.1) is 9.52 Å². The normalized spacial score (nSPS) is 15.2. The molecule has 1 aliphatic carbocycles. The molecule has 2 rings (SSSR count). The van der Waals surface area contributed by atoms with Gasteiger partial charge in [-0.05, 0) is 5.56 Å². The molecule has 0 nitrogen and oxygen atoms in total. The Morgan fingerprint density at radius 1 is 1.14 bits per heavy atom. The minimum atomic E-state index is -0.00518. The van der Waals surface area contributed by atoms with Gasteiger partial charge in [0.1, 0.15) is 0 Å². The van der Waals surface area contributed by atoms with Crippen molar-refractivity contribution in [3.63, 3.8) is 0 Å². The van der Waals surface area contributed by atoms with Crippen molar-refractivity contribution in [3.05, 3.63) is 54.1 Å². The molecule has 1 aliphatic rings. The van der Waals surface area contributed by atoms with E-state index in [1.165, 1.54) is 5.56 Å². The van der Waals surface area contributed by atoms with Crippen LogP contribution in [0.15, 0.2) is 48.6 Å². The first-order valence-electron chi connectivity index (χ1n) is 4.84. The van der Waals surface area contributed by atoms with Crippen molar-refractivity contribution >= 4 is 14.7 Å². The Labute approximate surface area is 103 Å². The van der Waals surface area contributed by atoms with Crippen LogP contribution in [-0.4, -0.2) is 9.52 Å². The fourth-order valence-corrected chi connectivity index (χ4v) is 2.49. The minimum absolute atomic E-state index is 0.